The first-order chi connectivity index (χ1) is 14.7. The summed E-state index contributed by atoms with van der Waals surface area (Å²) in [6.45, 7) is 6.32. The molecule has 2 amide bonds. The third-order valence-corrected chi connectivity index (χ3v) is 4.75. The number of methoxy groups -OCH3 is 1. The first-order valence-corrected chi connectivity index (χ1v) is 9.72. The minimum absolute atomic E-state index is 0.0113. The van der Waals surface area contributed by atoms with Crippen molar-refractivity contribution < 1.29 is 18.8 Å². The standard InChI is InChI=1S/C23H25N3O5/c1-23(2,3)15-7-9-16(10-8-15)24-22(29)20(14-5-11-17(30-4)12-6-14)25-21(28)18-13-19(27)26-31-18/h5-13,20H,1-4H3,(H,24,29)(H,25,28)(H,26,27). The van der Waals surface area contributed by atoms with E-state index in [2.05, 4.69) is 36.6 Å². The summed E-state index contributed by atoms with van der Waals surface area (Å²) in [5.41, 5.74) is 1.71. The van der Waals surface area contributed by atoms with Crippen LogP contribution >= 0.6 is 0 Å². The number of rotatable bonds is 6. The lowest BCUT2D eigenvalue weighted by molar-refractivity contribution is -0.118. The number of anilines is 1. The number of H-pyrrole nitrogens is 1. The highest BCUT2D eigenvalue weighted by molar-refractivity contribution is 6.00. The van der Waals surface area contributed by atoms with Crippen LogP contribution in [0.15, 0.2) is 63.9 Å². The SMILES string of the molecule is COc1ccc(C(NC(=O)c2cc(=O)[nH]o2)C(=O)Nc2ccc(C(C)(C)C)cc2)cc1. The summed E-state index contributed by atoms with van der Waals surface area (Å²) in [4.78, 5) is 36.8. The maximum absolute atomic E-state index is 13.1. The molecular weight excluding hydrogens is 398 g/mol. The topological polar surface area (TPSA) is 113 Å². The lowest BCUT2D eigenvalue weighted by Crippen LogP contribution is -2.37. The largest absolute Gasteiger partial charge is 0.497 e. The zero-order valence-corrected chi connectivity index (χ0v) is 17.8. The normalized spacial score (nSPS) is 12.1. The number of ether oxygens (including phenoxy) is 1. The molecule has 3 aromatic rings. The van der Waals surface area contributed by atoms with Gasteiger partial charge in [-0.15, -0.1) is 0 Å². The van der Waals surface area contributed by atoms with E-state index in [4.69, 9.17) is 9.26 Å². The first-order valence-electron chi connectivity index (χ1n) is 9.72. The fourth-order valence-corrected chi connectivity index (χ4v) is 2.96. The minimum Gasteiger partial charge on any atom is -0.497 e. The van der Waals surface area contributed by atoms with Gasteiger partial charge in [0.2, 0.25) is 5.76 Å². The number of aromatic nitrogens is 1. The molecule has 0 aliphatic heterocycles. The molecule has 0 aliphatic rings. The molecule has 0 saturated carbocycles. The van der Waals surface area contributed by atoms with Crippen molar-refractivity contribution in [3.63, 3.8) is 0 Å². The zero-order chi connectivity index (χ0) is 22.6. The van der Waals surface area contributed by atoms with Gasteiger partial charge in [0.25, 0.3) is 17.4 Å². The Kier molecular flexibility index (Phi) is 6.29. The lowest BCUT2D eigenvalue weighted by Gasteiger charge is -2.21. The van der Waals surface area contributed by atoms with E-state index in [1.165, 1.54) is 7.11 Å². The van der Waals surface area contributed by atoms with Crippen LogP contribution in [-0.4, -0.2) is 24.1 Å². The fraction of sp³-hybridized carbons (Fsp3) is 0.261. The number of carbonyl (C=O) groups is 2. The van der Waals surface area contributed by atoms with Gasteiger partial charge in [-0.25, -0.2) is 0 Å². The summed E-state index contributed by atoms with van der Waals surface area (Å²) in [5.74, 6) is -0.744. The fourth-order valence-electron chi connectivity index (χ4n) is 2.96. The van der Waals surface area contributed by atoms with Crippen molar-refractivity contribution in [2.45, 2.75) is 32.2 Å². The Bertz CT molecular complexity index is 1110. The van der Waals surface area contributed by atoms with Gasteiger partial charge in [-0.1, -0.05) is 45.0 Å². The highest BCUT2D eigenvalue weighted by Crippen LogP contribution is 2.25. The second-order valence-corrected chi connectivity index (χ2v) is 8.07. The molecule has 3 rings (SSSR count). The van der Waals surface area contributed by atoms with Gasteiger partial charge in [0.15, 0.2) is 0 Å². The number of amides is 2. The summed E-state index contributed by atoms with van der Waals surface area (Å²) in [5, 5.41) is 7.49. The van der Waals surface area contributed by atoms with E-state index >= 15 is 0 Å². The van der Waals surface area contributed by atoms with Crippen LogP contribution in [0, 0.1) is 0 Å². The molecule has 0 spiro atoms. The smallest absolute Gasteiger partial charge is 0.290 e. The van der Waals surface area contributed by atoms with Gasteiger partial charge < -0.3 is 19.9 Å². The molecule has 1 atom stereocenters. The summed E-state index contributed by atoms with van der Waals surface area (Å²) in [6, 6.07) is 14.3. The van der Waals surface area contributed by atoms with Gasteiger partial charge in [0.05, 0.1) is 13.2 Å². The van der Waals surface area contributed by atoms with Gasteiger partial charge in [-0.3, -0.25) is 14.4 Å². The van der Waals surface area contributed by atoms with Crippen molar-refractivity contribution in [3.8, 4) is 5.75 Å². The molecule has 0 aliphatic carbocycles. The number of nitrogens with one attached hydrogen (secondary N) is 3. The second kappa shape index (κ2) is 8.91. The average Bonchev–Trinajstić information content (AvgIpc) is 3.18. The van der Waals surface area contributed by atoms with Crippen LogP contribution in [0.3, 0.4) is 0 Å². The molecular formula is C23H25N3O5. The maximum Gasteiger partial charge on any atom is 0.290 e. The number of hydrogen-bond acceptors (Lipinski definition) is 5. The van der Waals surface area contributed by atoms with E-state index in [1.807, 2.05) is 24.3 Å². The van der Waals surface area contributed by atoms with Crippen molar-refractivity contribution in [1.82, 2.24) is 10.5 Å². The zero-order valence-electron chi connectivity index (χ0n) is 17.8. The van der Waals surface area contributed by atoms with Crippen molar-refractivity contribution in [2.24, 2.45) is 0 Å². The molecule has 162 valence electrons. The van der Waals surface area contributed by atoms with E-state index in [0.29, 0.717) is 17.0 Å². The van der Waals surface area contributed by atoms with Crippen molar-refractivity contribution in [2.75, 3.05) is 12.4 Å². The van der Waals surface area contributed by atoms with Gasteiger partial charge in [0, 0.05) is 5.69 Å². The minimum atomic E-state index is -1.03. The van der Waals surface area contributed by atoms with Crippen LogP contribution in [0.25, 0.3) is 0 Å². The van der Waals surface area contributed by atoms with Crippen LogP contribution in [0.4, 0.5) is 5.69 Å². The summed E-state index contributed by atoms with van der Waals surface area (Å²) in [6.07, 6.45) is 0. The molecule has 8 heteroatoms. The van der Waals surface area contributed by atoms with Crippen LogP contribution in [0.1, 0.15) is 48.5 Å². The molecule has 1 heterocycles. The summed E-state index contributed by atoms with van der Waals surface area (Å²) in [7, 11) is 1.54. The van der Waals surface area contributed by atoms with E-state index in [9.17, 15) is 14.4 Å². The highest BCUT2D eigenvalue weighted by Gasteiger charge is 2.25. The van der Waals surface area contributed by atoms with Crippen molar-refractivity contribution in [1.29, 1.82) is 0 Å². The molecule has 0 fully saturated rings. The first kappa shape index (κ1) is 21.9. The average molecular weight is 423 g/mol. The van der Waals surface area contributed by atoms with E-state index in [-0.39, 0.29) is 11.2 Å². The Morgan fingerprint density at radius 1 is 1.03 bits per heavy atom. The number of carbonyl (C=O) groups excluding carboxylic acids is 2. The molecule has 0 radical (unpaired) electrons. The van der Waals surface area contributed by atoms with Gasteiger partial charge >= 0.3 is 0 Å². The van der Waals surface area contributed by atoms with Crippen LogP contribution in [0.2, 0.25) is 0 Å². The van der Waals surface area contributed by atoms with Gasteiger partial charge in [-0.2, -0.15) is 5.16 Å². The van der Waals surface area contributed by atoms with Crippen molar-refractivity contribution in [3.05, 3.63) is 81.8 Å². The van der Waals surface area contributed by atoms with E-state index in [1.54, 1.807) is 24.3 Å². The lowest BCUT2D eigenvalue weighted by atomic mass is 9.87. The van der Waals surface area contributed by atoms with Crippen LogP contribution < -0.4 is 20.9 Å². The van der Waals surface area contributed by atoms with Crippen LogP contribution in [-0.2, 0) is 10.2 Å². The van der Waals surface area contributed by atoms with Crippen LogP contribution in [0.5, 0.6) is 5.75 Å². The molecule has 0 saturated heterocycles. The van der Waals surface area contributed by atoms with Gasteiger partial charge in [0.1, 0.15) is 11.8 Å². The summed E-state index contributed by atoms with van der Waals surface area (Å²) >= 11 is 0. The van der Waals surface area contributed by atoms with Crippen molar-refractivity contribution >= 4 is 17.5 Å². The van der Waals surface area contributed by atoms with E-state index in [0.717, 1.165) is 11.6 Å². The Morgan fingerprint density at radius 2 is 1.68 bits per heavy atom. The molecule has 1 unspecified atom stereocenters. The predicted molar refractivity (Wildman–Crippen MR) is 116 cm³/mol. The predicted octanol–water partition coefficient (Wildman–Crippen LogP) is 3.38. The Hall–Kier alpha value is -3.81. The molecule has 0 bridgehead atoms. The Balaban J connectivity index is 1.84. The summed E-state index contributed by atoms with van der Waals surface area (Å²) < 4.78 is 10.00. The van der Waals surface area contributed by atoms with Gasteiger partial charge in [-0.05, 0) is 40.8 Å². The monoisotopic (exact) mass is 423 g/mol. The van der Waals surface area contributed by atoms with E-state index < -0.39 is 23.4 Å². The number of aromatic amines is 1. The molecule has 1 aromatic heterocycles. The molecule has 2 aromatic carbocycles. The Labute approximate surface area is 179 Å². The highest BCUT2D eigenvalue weighted by atomic mass is 16.5. The number of benzene rings is 2. The third kappa shape index (κ3) is 5.42. The Morgan fingerprint density at radius 3 is 2.19 bits per heavy atom. The molecule has 3 N–H and O–H groups in total. The quantitative estimate of drug-likeness (QED) is 0.562. The maximum atomic E-state index is 13.1. The molecule has 31 heavy (non-hydrogen) atoms. The number of hydrogen-bond donors (Lipinski definition) is 3. The third-order valence-electron chi connectivity index (χ3n) is 4.75. The second-order valence-electron chi connectivity index (χ2n) is 8.07. The molecule has 8 nitrogen and oxygen atoms in total.